The Hall–Kier alpha value is -4.59. The summed E-state index contributed by atoms with van der Waals surface area (Å²) in [5.74, 6) is 0. The number of aromatic nitrogens is 2. The normalized spacial score (nSPS) is 12.6. The lowest BCUT2D eigenvalue weighted by atomic mass is 9.85. The summed E-state index contributed by atoms with van der Waals surface area (Å²) in [5.41, 5.74) is 9.72. The first-order chi connectivity index (χ1) is 22.6. The van der Waals surface area contributed by atoms with Crippen molar-refractivity contribution in [3.63, 3.8) is 0 Å². The number of alkyl halides is 3. The fourth-order valence-corrected chi connectivity index (χ4v) is 9.02. The molecular formula is C40H29F3N2S2. The zero-order chi connectivity index (χ0) is 32.5. The molecule has 232 valence electrons. The Kier molecular flexibility index (Phi) is 6.97. The smallest absolute Gasteiger partial charge is 0.252 e. The van der Waals surface area contributed by atoms with Crippen molar-refractivity contribution in [2.45, 2.75) is 33.4 Å². The van der Waals surface area contributed by atoms with E-state index in [0.29, 0.717) is 5.56 Å². The standard InChI is InChI=1S/C40H29F3N2S2/c1-23-26-20-21-44-34(36(26)46-35(23)25-18-16-24(17-19-25)22-39(2,3)40(41,42)43)38-45-33-31-14-8-6-12-29(31)27-10-4-5-11-28(27)30-13-7-9-15-32(30)37(33)47-38/h4-21H,22H2,1-3H3. The van der Waals surface area contributed by atoms with Gasteiger partial charge in [0.1, 0.15) is 10.7 Å². The number of thiophene rings is 1. The molecule has 8 rings (SSSR count). The van der Waals surface area contributed by atoms with Gasteiger partial charge in [-0.05, 0) is 63.7 Å². The Labute approximate surface area is 279 Å². The summed E-state index contributed by atoms with van der Waals surface area (Å²) in [5, 5.41) is 1.96. The van der Waals surface area contributed by atoms with Crippen molar-refractivity contribution in [3.8, 4) is 65.1 Å². The van der Waals surface area contributed by atoms with Gasteiger partial charge >= 0.3 is 6.18 Å². The van der Waals surface area contributed by atoms with Crippen molar-refractivity contribution >= 4 is 32.8 Å². The summed E-state index contributed by atoms with van der Waals surface area (Å²) in [6.45, 7) is 4.60. The number of pyridine rings is 1. The van der Waals surface area contributed by atoms with Crippen molar-refractivity contribution in [2.24, 2.45) is 5.41 Å². The molecule has 0 radical (unpaired) electrons. The number of hydrogen-bond donors (Lipinski definition) is 0. The van der Waals surface area contributed by atoms with E-state index in [4.69, 9.17) is 9.97 Å². The Morgan fingerprint density at radius 1 is 0.617 bits per heavy atom. The van der Waals surface area contributed by atoms with Crippen molar-refractivity contribution in [1.82, 2.24) is 9.97 Å². The molecule has 0 aliphatic heterocycles. The molecule has 1 aliphatic carbocycles. The van der Waals surface area contributed by atoms with E-state index in [9.17, 15) is 13.2 Å². The lowest BCUT2D eigenvalue weighted by Crippen LogP contribution is -2.34. The van der Waals surface area contributed by atoms with E-state index in [1.807, 2.05) is 36.5 Å². The van der Waals surface area contributed by atoms with Crippen molar-refractivity contribution in [1.29, 1.82) is 0 Å². The molecule has 0 spiro atoms. The average Bonchev–Trinajstić information content (AvgIpc) is 3.65. The molecule has 47 heavy (non-hydrogen) atoms. The maximum Gasteiger partial charge on any atom is 0.394 e. The highest BCUT2D eigenvalue weighted by Crippen LogP contribution is 2.51. The number of halogens is 3. The minimum absolute atomic E-state index is 0.0672. The number of rotatable bonds is 4. The van der Waals surface area contributed by atoms with Gasteiger partial charge in [0.2, 0.25) is 0 Å². The molecule has 0 bridgehead atoms. The van der Waals surface area contributed by atoms with Gasteiger partial charge in [0.25, 0.3) is 0 Å². The molecule has 0 atom stereocenters. The summed E-state index contributed by atoms with van der Waals surface area (Å²) in [6.07, 6.45) is -2.49. The monoisotopic (exact) mass is 658 g/mol. The van der Waals surface area contributed by atoms with Crippen molar-refractivity contribution in [3.05, 3.63) is 120 Å². The third-order valence-corrected chi connectivity index (χ3v) is 11.6. The molecule has 0 amide bonds. The fraction of sp³-hybridized carbons (Fsp3) is 0.150. The first-order valence-corrected chi connectivity index (χ1v) is 17.1. The topological polar surface area (TPSA) is 25.8 Å². The van der Waals surface area contributed by atoms with Gasteiger partial charge in [-0.3, -0.25) is 4.98 Å². The number of thiazole rings is 1. The summed E-state index contributed by atoms with van der Waals surface area (Å²) < 4.78 is 41.6. The van der Waals surface area contributed by atoms with Crippen LogP contribution in [-0.2, 0) is 6.42 Å². The van der Waals surface area contributed by atoms with E-state index < -0.39 is 11.6 Å². The molecule has 0 N–H and O–H groups in total. The Morgan fingerprint density at radius 2 is 1.17 bits per heavy atom. The molecule has 7 heteroatoms. The van der Waals surface area contributed by atoms with Crippen LogP contribution in [0.15, 0.2) is 109 Å². The Balaban J connectivity index is 1.26. The van der Waals surface area contributed by atoms with Crippen LogP contribution in [-0.4, -0.2) is 16.1 Å². The van der Waals surface area contributed by atoms with E-state index in [1.54, 1.807) is 22.7 Å². The highest BCUT2D eigenvalue weighted by Gasteiger charge is 2.47. The van der Waals surface area contributed by atoms with E-state index in [-0.39, 0.29) is 6.42 Å². The van der Waals surface area contributed by atoms with Crippen molar-refractivity contribution in [2.75, 3.05) is 0 Å². The van der Waals surface area contributed by atoms with Gasteiger partial charge in [0.15, 0.2) is 0 Å². The summed E-state index contributed by atoms with van der Waals surface area (Å²) >= 11 is 3.33. The molecule has 7 aromatic rings. The molecule has 3 aromatic heterocycles. The predicted molar refractivity (Wildman–Crippen MR) is 190 cm³/mol. The molecule has 0 unspecified atom stereocenters. The van der Waals surface area contributed by atoms with Crippen molar-refractivity contribution < 1.29 is 13.2 Å². The summed E-state index contributed by atoms with van der Waals surface area (Å²) in [4.78, 5) is 12.4. The van der Waals surface area contributed by atoms with Gasteiger partial charge in [0.05, 0.1) is 20.7 Å². The second-order valence-corrected chi connectivity index (χ2v) is 14.7. The maximum absolute atomic E-state index is 13.5. The van der Waals surface area contributed by atoms with Gasteiger partial charge in [-0.15, -0.1) is 22.7 Å². The molecule has 3 heterocycles. The third-order valence-electron chi connectivity index (χ3n) is 9.17. The largest absolute Gasteiger partial charge is 0.394 e. The predicted octanol–water partition coefficient (Wildman–Crippen LogP) is 12.5. The number of fused-ring (bicyclic) bond motifs is 9. The zero-order valence-electron chi connectivity index (χ0n) is 25.9. The van der Waals surface area contributed by atoms with Crippen LogP contribution in [0.3, 0.4) is 0 Å². The zero-order valence-corrected chi connectivity index (χ0v) is 27.6. The van der Waals surface area contributed by atoms with Crippen LogP contribution in [0.25, 0.3) is 75.2 Å². The van der Waals surface area contributed by atoms with E-state index in [1.165, 1.54) is 30.5 Å². The molecule has 4 aromatic carbocycles. The van der Waals surface area contributed by atoms with Crippen LogP contribution in [0.4, 0.5) is 13.2 Å². The highest BCUT2D eigenvalue weighted by molar-refractivity contribution is 7.24. The first-order valence-electron chi connectivity index (χ1n) is 15.4. The van der Waals surface area contributed by atoms with Gasteiger partial charge < -0.3 is 0 Å². The number of aryl methyl sites for hydroxylation is 1. The summed E-state index contributed by atoms with van der Waals surface area (Å²) in [7, 11) is 0. The van der Waals surface area contributed by atoms with Gasteiger partial charge in [-0.1, -0.05) is 111 Å². The quantitative estimate of drug-likeness (QED) is 0.188. The van der Waals surface area contributed by atoms with Crippen LogP contribution in [0, 0.1) is 12.3 Å². The molecule has 0 saturated heterocycles. The van der Waals surface area contributed by atoms with Crippen LogP contribution >= 0.6 is 22.7 Å². The fourth-order valence-electron chi connectivity index (χ4n) is 6.54. The lowest BCUT2D eigenvalue weighted by Gasteiger charge is -2.27. The van der Waals surface area contributed by atoms with Crippen LogP contribution < -0.4 is 0 Å². The van der Waals surface area contributed by atoms with Gasteiger partial charge in [-0.25, -0.2) is 4.98 Å². The second-order valence-electron chi connectivity index (χ2n) is 12.7. The van der Waals surface area contributed by atoms with E-state index in [2.05, 4.69) is 79.7 Å². The molecule has 0 fully saturated rings. The van der Waals surface area contributed by atoms with Crippen LogP contribution in [0.2, 0.25) is 0 Å². The maximum atomic E-state index is 13.5. The molecular weight excluding hydrogens is 630 g/mol. The molecule has 1 aliphatic rings. The highest BCUT2D eigenvalue weighted by atomic mass is 32.1. The number of nitrogens with zero attached hydrogens (tertiary/aromatic N) is 2. The number of benzene rings is 4. The Morgan fingerprint density at radius 3 is 1.79 bits per heavy atom. The minimum atomic E-state index is -4.27. The summed E-state index contributed by atoms with van der Waals surface area (Å²) in [6, 6.07) is 35.1. The van der Waals surface area contributed by atoms with E-state index >= 15 is 0 Å². The Bertz CT molecular complexity index is 2230. The van der Waals surface area contributed by atoms with Gasteiger partial charge in [0, 0.05) is 22.2 Å². The average molecular weight is 659 g/mol. The molecule has 0 saturated carbocycles. The van der Waals surface area contributed by atoms with E-state index in [0.717, 1.165) is 64.1 Å². The third kappa shape index (κ3) is 4.91. The van der Waals surface area contributed by atoms with Crippen LogP contribution in [0.5, 0.6) is 0 Å². The number of hydrogen-bond acceptors (Lipinski definition) is 4. The first kappa shape index (κ1) is 29.8. The van der Waals surface area contributed by atoms with Crippen LogP contribution in [0.1, 0.15) is 25.0 Å². The second kappa shape index (κ2) is 11.0. The SMILES string of the molecule is Cc1c(-c2ccc(CC(C)(C)C(F)(F)F)cc2)sc2c(-c3nc4c(s3)-c3ccccc3-c3ccccc3-c3ccccc3-4)nccc12. The molecule has 2 nitrogen and oxygen atoms in total. The van der Waals surface area contributed by atoms with Gasteiger partial charge in [-0.2, -0.15) is 13.2 Å². The lowest BCUT2D eigenvalue weighted by molar-refractivity contribution is -0.211. The minimum Gasteiger partial charge on any atom is -0.252 e.